The van der Waals surface area contributed by atoms with Crippen LogP contribution in [0.4, 0.5) is 10.2 Å². The molecule has 3 aromatic heterocycles. The zero-order valence-electron chi connectivity index (χ0n) is 9.94. The maximum atomic E-state index is 13.4. The van der Waals surface area contributed by atoms with E-state index in [4.69, 9.17) is 5.73 Å². The molecular weight excluding hydrogens is 247 g/mol. The van der Waals surface area contributed by atoms with Crippen molar-refractivity contribution in [1.29, 1.82) is 0 Å². The molecule has 0 fully saturated rings. The predicted octanol–water partition coefficient (Wildman–Crippen LogP) is 1.36. The van der Waals surface area contributed by atoms with Crippen molar-refractivity contribution < 1.29 is 4.39 Å². The number of hydrogen-bond acceptors (Lipinski definition) is 5. The normalized spacial score (nSPS) is 12.7. The molecule has 2 N–H and O–H groups in total. The highest BCUT2D eigenvalue weighted by atomic mass is 19.1. The fraction of sp³-hybridized carbons (Fsp3) is 0.167. The van der Waals surface area contributed by atoms with Crippen molar-refractivity contribution in [2.45, 2.75) is 6.04 Å². The van der Waals surface area contributed by atoms with Gasteiger partial charge in [-0.3, -0.25) is 4.98 Å². The maximum absolute atomic E-state index is 13.4. The maximum Gasteiger partial charge on any atom is 0.179 e. The van der Waals surface area contributed by atoms with Gasteiger partial charge in [0.2, 0.25) is 0 Å². The summed E-state index contributed by atoms with van der Waals surface area (Å²) in [6.07, 6.45) is 4.59. The Morgan fingerprint density at radius 1 is 1.26 bits per heavy atom. The molecule has 0 radical (unpaired) electrons. The van der Waals surface area contributed by atoms with Crippen molar-refractivity contribution >= 4 is 17.0 Å². The first-order chi connectivity index (χ1) is 9.29. The molecular formula is C12H11FN6. The minimum Gasteiger partial charge on any atom is -0.382 e. The molecule has 1 unspecified atom stereocenters. The van der Waals surface area contributed by atoms with E-state index < -0.39 is 12.7 Å². The summed E-state index contributed by atoms with van der Waals surface area (Å²) in [5.74, 6) is 0.271. The Hall–Kier alpha value is -2.57. The lowest BCUT2D eigenvalue weighted by molar-refractivity contribution is 0.375. The van der Waals surface area contributed by atoms with E-state index in [1.807, 2.05) is 0 Å². The van der Waals surface area contributed by atoms with E-state index in [1.54, 1.807) is 24.4 Å². The highest BCUT2D eigenvalue weighted by molar-refractivity contribution is 5.70. The third-order valence-corrected chi connectivity index (χ3v) is 2.79. The highest BCUT2D eigenvalue weighted by Gasteiger charge is 2.19. The Balaban J connectivity index is 2.14. The van der Waals surface area contributed by atoms with Crippen molar-refractivity contribution in [3.05, 3.63) is 42.5 Å². The van der Waals surface area contributed by atoms with Crippen LogP contribution in [0.5, 0.6) is 0 Å². The number of alkyl halides is 1. The van der Waals surface area contributed by atoms with Crippen LogP contribution >= 0.6 is 0 Å². The van der Waals surface area contributed by atoms with Gasteiger partial charge < -0.3 is 5.73 Å². The number of hydrogen-bond donors (Lipinski definition) is 1. The number of rotatable bonds is 3. The number of nitrogen functional groups attached to an aromatic ring is 1. The zero-order chi connectivity index (χ0) is 13.2. The molecule has 0 aliphatic carbocycles. The second-order valence-corrected chi connectivity index (χ2v) is 4.02. The van der Waals surface area contributed by atoms with E-state index >= 15 is 0 Å². The molecule has 0 bridgehead atoms. The second kappa shape index (κ2) is 4.60. The van der Waals surface area contributed by atoms with Crippen LogP contribution in [-0.4, -0.2) is 31.4 Å². The molecule has 3 aromatic rings. The Bertz CT molecular complexity index is 696. The minimum atomic E-state index is -0.635. The number of nitrogens with zero attached hydrogens (tertiary/aromatic N) is 5. The number of pyridine rings is 1. The van der Waals surface area contributed by atoms with E-state index in [1.165, 1.54) is 17.1 Å². The number of aromatic nitrogens is 5. The van der Waals surface area contributed by atoms with Gasteiger partial charge in [0, 0.05) is 6.20 Å². The first kappa shape index (κ1) is 11.5. The molecule has 0 spiro atoms. The fourth-order valence-corrected chi connectivity index (χ4v) is 1.90. The third-order valence-electron chi connectivity index (χ3n) is 2.79. The molecule has 3 rings (SSSR count). The van der Waals surface area contributed by atoms with Crippen LogP contribution in [0.15, 0.2) is 36.8 Å². The largest absolute Gasteiger partial charge is 0.382 e. The van der Waals surface area contributed by atoms with Crippen LogP contribution in [0.25, 0.3) is 11.2 Å². The van der Waals surface area contributed by atoms with Crippen LogP contribution < -0.4 is 5.73 Å². The number of halogens is 1. The van der Waals surface area contributed by atoms with Gasteiger partial charge >= 0.3 is 0 Å². The highest BCUT2D eigenvalue weighted by Crippen LogP contribution is 2.20. The summed E-state index contributed by atoms with van der Waals surface area (Å²) in [5.41, 5.74) is 7.22. The van der Waals surface area contributed by atoms with Crippen molar-refractivity contribution in [1.82, 2.24) is 24.7 Å². The van der Waals surface area contributed by atoms with Crippen LogP contribution in [-0.2, 0) is 0 Å². The van der Waals surface area contributed by atoms with Gasteiger partial charge in [0.05, 0.1) is 18.1 Å². The SMILES string of the molecule is Nc1cnc2cnn(C(CF)c3ccccn3)c2n1. The van der Waals surface area contributed by atoms with E-state index in [0.29, 0.717) is 16.9 Å². The molecule has 0 aliphatic heterocycles. The minimum absolute atomic E-state index is 0.271. The van der Waals surface area contributed by atoms with Crippen molar-refractivity contribution in [2.75, 3.05) is 12.4 Å². The Morgan fingerprint density at radius 3 is 2.89 bits per heavy atom. The van der Waals surface area contributed by atoms with Gasteiger partial charge in [-0.2, -0.15) is 5.10 Å². The predicted molar refractivity (Wildman–Crippen MR) is 68.1 cm³/mol. The number of fused-ring (bicyclic) bond motifs is 1. The number of anilines is 1. The quantitative estimate of drug-likeness (QED) is 0.767. The molecule has 19 heavy (non-hydrogen) atoms. The van der Waals surface area contributed by atoms with Crippen LogP contribution in [0.2, 0.25) is 0 Å². The summed E-state index contributed by atoms with van der Waals surface area (Å²) in [4.78, 5) is 12.4. The molecule has 0 aromatic carbocycles. The van der Waals surface area contributed by atoms with Crippen molar-refractivity contribution in [2.24, 2.45) is 0 Å². The molecule has 7 heteroatoms. The van der Waals surface area contributed by atoms with E-state index in [-0.39, 0.29) is 5.82 Å². The second-order valence-electron chi connectivity index (χ2n) is 4.02. The number of nitrogens with two attached hydrogens (primary N) is 1. The lowest BCUT2D eigenvalue weighted by atomic mass is 10.2. The first-order valence-corrected chi connectivity index (χ1v) is 5.72. The van der Waals surface area contributed by atoms with Crippen molar-refractivity contribution in [3.8, 4) is 0 Å². The Morgan fingerprint density at radius 2 is 2.16 bits per heavy atom. The smallest absolute Gasteiger partial charge is 0.179 e. The summed E-state index contributed by atoms with van der Waals surface area (Å²) in [6.45, 7) is -0.635. The Labute approximate surface area is 108 Å². The average Bonchev–Trinajstić information content (AvgIpc) is 2.84. The molecule has 0 saturated carbocycles. The summed E-state index contributed by atoms with van der Waals surface area (Å²) < 4.78 is 14.8. The molecule has 1 atom stereocenters. The molecule has 3 heterocycles. The van der Waals surface area contributed by atoms with Crippen LogP contribution in [0, 0.1) is 0 Å². The molecule has 0 saturated heterocycles. The lowest BCUT2D eigenvalue weighted by Crippen LogP contribution is -2.16. The standard InChI is InChI=1S/C12H11FN6/c13-5-10(8-3-1-2-4-15-8)19-12-9(6-17-19)16-7-11(14)18-12/h1-4,6-7,10H,5H2,(H2,14,18). The molecule has 0 aliphatic rings. The molecule has 0 amide bonds. The van der Waals surface area contributed by atoms with E-state index in [9.17, 15) is 4.39 Å². The van der Waals surface area contributed by atoms with Crippen LogP contribution in [0.1, 0.15) is 11.7 Å². The third kappa shape index (κ3) is 1.99. The van der Waals surface area contributed by atoms with Gasteiger partial charge in [-0.25, -0.2) is 19.0 Å². The van der Waals surface area contributed by atoms with E-state index in [2.05, 4.69) is 20.1 Å². The van der Waals surface area contributed by atoms with E-state index in [0.717, 1.165) is 0 Å². The summed E-state index contributed by atoms with van der Waals surface area (Å²) in [6, 6.07) is 4.70. The van der Waals surface area contributed by atoms with Gasteiger partial charge in [0.25, 0.3) is 0 Å². The van der Waals surface area contributed by atoms with Gasteiger partial charge in [-0.1, -0.05) is 6.07 Å². The summed E-state index contributed by atoms with van der Waals surface area (Å²) in [7, 11) is 0. The fourth-order valence-electron chi connectivity index (χ4n) is 1.90. The summed E-state index contributed by atoms with van der Waals surface area (Å²) in [5, 5.41) is 4.14. The lowest BCUT2D eigenvalue weighted by Gasteiger charge is -2.13. The monoisotopic (exact) mass is 258 g/mol. The average molecular weight is 258 g/mol. The Kier molecular flexibility index (Phi) is 2.79. The summed E-state index contributed by atoms with van der Waals surface area (Å²) >= 11 is 0. The topological polar surface area (TPSA) is 82.5 Å². The van der Waals surface area contributed by atoms with Gasteiger partial charge in [0.15, 0.2) is 5.65 Å². The van der Waals surface area contributed by atoms with Gasteiger partial charge in [-0.05, 0) is 12.1 Å². The van der Waals surface area contributed by atoms with Gasteiger partial charge in [-0.15, -0.1) is 0 Å². The molecule has 96 valence electrons. The first-order valence-electron chi connectivity index (χ1n) is 5.72. The zero-order valence-corrected chi connectivity index (χ0v) is 9.94. The van der Waals surface area contributed by atoms with Crippen LogP contribution in [0.3, 0.4) is 0 Å². The molecule has 6 nitrogen and oxygen atoms in total. The van der Waals surface area contributed by atoms with Gasteiger partial charge in [0.1, 0.15) is 24.1 Å². The van der Waals surface area contributed by atoms with Crippen molar-refractivity contribution in [3.63, 3.8) is 0 Å².